The Labute approximate surface area is 93.9 Å². The maximum Gasteiger partial charge on any atom is 0.242 e. The highest BCUT2D eigenvalue weighted by atomic mass is 35.5. The fourth-order valence-electron chi connectivity index (χ4n) is 0.990. The zero-order valence-corrected chi connectivity index (χ0v) is 9.09. The number of aromatic amines is 1. The van der Waals surface area contributed by atoms with Gasteiger partial charge in [0.15, 0.2) is 0 Å². The molecule has 1 atom stereocenters. The molecule has 0 saturated heterocycles. The highest BCUT2D eigenvalue weighted by Gasteiger charge is 2.07. The summed E-state index contributed by atoms with van der Waals surface area (Å²) in [5.41, 5.74) is 0. The van der Waals surface area contributed by atoms with E-state index in [1.807, 2.05) is 0 Å². The Balaban J connectivity index is 2.15. The van der Waals surface area contributed by atoms with Gasteiger partial charge in [0.05, 0.1) is 11.1 Å². The highest BCUT2D eigenvalue weighted by Crippen LogP contribution is 2.16. The van der Waals surface area contributed by atoms with Crippen molar-refractivity contribution >= 4 is 22.7 Å². The lowest BCUT2D eigenvalue weighted by atomic mass is 10.4. The van der Waals surface area contributed by atoms with E-state index in [4.69, 9.17) is 15.8 Å². The molecule has 78 valence electrons. The molecule has 0 fully saturated rings. The Kier molecular flexibility index (Phi) is 3.03. The first kappa shape index (κ1) is 10.2. The molecule has 1 aromatic heterocycles. The smallest absolute Gasteiger partial charge is 0.242 e. The number of hydrogen-bond donors (Lipinski definition) is 1. The third-order valence-corrected chi connectivity index (χ3v) is 2.83. The second-order valence-corrected chi connectivity index (χ2v) is 4.24. The fraction of sp³-hybridized carbons (Fsp3) is 0. The molecule has 6 heteroatoms. The molecule has 0 radical (unpaired) electrons. The zero-order chi connectivity index (χ0) is 10.7. The summed E-state index contributed by atoms with van der Waals surface area (Å²) in [7, 11) is 0. The monoisotopic (exact) mass is 242 g/mol. The lowest BCUT2D eigenvalue weighted by Crippen LogP contribution is -2.01. The molecule has 0 aliphatic carbocycles. The molecule has 1 heterocycles. The number of rotatable bonds is 3. The van der Waals surface area contributed by atoms with Crippen molar-refractivity contribution in [2.24, 2.45) is 0 Å². The van der Waals surface area contributed by atoms with Gasteiger partial charge in [0.25, 0.3) is 0 Å². The minimum atomic E-state index is -1.58. The van der Waals surface area contributed by atoms with Gasteiger partial charge >= 0.3 is 0 Å². The van der Waals surface area contributed by atoms with Crippen molar-refractivity contribution < 1.29 is 8.39 Å². The number of halogens is 1. The van der Waals surface area contributed by atoms with E-state index in [0.29, 0.717) is 15.8 Å². The van der Waals surface area contributed by atoms with E-state index in [2.05, 4.69) is 10.2 Å². The molecular weight excluding hydrogens is 236 g/mol. The summed E-state index contributed by atoms with van der Waals surface area (Å²) >= 11 is 4.18. The maximum atomic E-state index is 11.6. The predicted molar refractivity (Wildman–Crippen MR) is 57.1 cm³/mol. The van der Waals surface area contributed by atoms with Gasteiger partial charge in [-0.3, -0.25) is 0 Å². The van der Waals surface area contributed by atoms with Gasteiger partial charge in [0.1, 0.15) is 0 Å². The average Bonchev–Trinajstić information content (AvgIpc) is 2.70. The first-order chi connectivity index (χ1) is 7.25. The van der Waals surface area contributed by atoms with Gasteiger partial charge in [0.2, 0.25) is 17.0 Å². The van der Waals surface area contributed by atoms with E-state index in [9.17, 15) is 4.21 Å². The van der Waals surface area contributed by atoms with Gasteiger partial charge in [-0.2, -0.15) is 5.10 Å². The van der Waals surface area contributed by atoms with Gasteiger partial charge in [-0.25, -0.2) is 9.31 Å². The average molecular weight is 243 g/mol. The Bertz CT molecular complexity index is 473. The molecular formula is C9H7ClN2O2S. The minimum absolute atomic E-state index is 0.355. The lowest BCUT2D eigenvalue weighted by molar-refractivity contribution is 0.544. The van der Waals surface area contributed by atoms with Crippen LogP contribution >= 0.6 is 11.6 Å². The van der Waals surface area contributed by atoms with Crippen LogP contribution in [0.5, 0.6) is 5.88 Å². The van der Waals surface area contributed by atoms with Crippen LogP contribution in [0.25, 0.3) is 0 Å². The van der Waals surface area contributed by atoms with Crippen molar-refractivity contribution in [2.75, 3.05) is 0 Å². The van der Waals surface area contributed by atoms with Crippen LogP contribution in [0, 0.1) is 0 Å². The first-order valence-electron chi connectivity index (χ1n) is 4.11. The molecule has 1 unspecified atom stereocenters. The van der Waals surface area contributed by atoms with Crippen molar-refractivity contribution in [2.45, 2.75) is 4.90 Å². The van der Waals surface area contributed by atoms with Crippen LogP contribution in [0.15, 0.2) is 41.4 Å². The third-order valence-electron chi connectivity index (χ3n) is 1.63. The summed E-state index contributed by atoms with van der Waals surface area (Å²) in [6.45, 7) is 0. The van der Waals surface area contributed by atoms with Crippen LogP contribution in [0.4, 0.5) is 0 Å². The number of hydrogen-bond acceptors (Lipinski definition) is 3. The molecule has 0 aliphatic heterocycles. The Morgan fingerprint density at radius 3 is 2.93 bits per heavy atom. The number of nitrogens with one attached hydrogen (secondary N) is 1. The largest absolute Gasteiger partial charge is 0.377 e. The molecule has 0 bridgehead atoms. The summed E-state index contributed by atoms with van der Waals surface area (Å²) in [6.07, 6.45) is 1.52. The van der Waals surface area contributed by atoms with Crippen LogP contribution in [0.3, 0.4) is 0 Å². The minimum Gasteiger partial charge on any atom is -0.377 e. The maximum absolute atomic E-state index is 11.6. The van der Waals surface area contributed by atoms with E-state index < -0.39 is 11.1 Å². The third kappa shape index (κ3) is 2.57. The number of nitrogens with zero attached hydrogens (tertiary/aromatic N) is 1. The standard InChI is InChI=1S/C9H7ClN2O2S/c10-7-2-1-3-8(6-7)15(13)14-9-4-5-11-12-9/h1-6H,(H,11,12). The van der Waals surface area contributed by atoms with Crippen molar-refractivity contribution in [3.05, 3.63) is 41.6 Å². The van der Waals surface area contributed by atoms with Crippen LogP contribution in [-0.4, -0.2) is 14.4 Å². The van der Waals surface area contributed by atoms with Gasteiger partial charge in [-0.1, -0.05) is 17.7 Å². The summed E-state index contributed by atoms with van der Waals surface area (Å²) in [5, 5.41) is 6.75. The molecule has 2 rings (SSSR count). The normalized spacial score (nSPS) is 12.3. The SMILES string of the molecule is O=S(Oc1ccn[nH]1)c1cccc(Cl)c1. The van der Waals surface area contributed by atoms with Crippen LogP contribution < -0.4 is 4.18 Å². The molecule has 2 aromatic rings. The number of benzene rings is 1. The highest BCUT2D eigenvalue weighted by molar-refractivity contribution is 7.80. The van der Waals surface area contributed by atoms with Gasteiger partial charge in [-0.15, -0.1) is 0 Å². The molecule has 0 saturated carbocycles. The molecule has 0 aliphatic rings. The van der Waals surface area contributed by atoms with E-state index >= 15 is 0 Å². The van der Waals surface area contributed by atoms with Crippen molar-refractivity contribution in [3.8, 4) is 5.88 Å². The summed E-state index contributed by atoms with van der Waals surface area (Å²) in [5.74, 6) is 0.355. The second-order valence-electron chi connectivity index (χ2n) is 2.70. The van der Waals surface area contributed by atoms with Crippen LogP contribution in [0.1, 0.15) is 0 Å². The molecule has 0 spiro atoms. The van der Waals surface area contributed by atoms with Gasteiger partial charge < -0.3 is 4.18 Å². The summed E-state index contributed by atoms with van der Waals surface area (Å²) in [4.78, 5) is 0.511. The Morgan fingerprint density at radius 1 is 1.40 bits per heavy atom. The van der Waals surface area contributed by atoms with Crippen LogP contribution in [0.2, 0.25) is 5.02 Å². The topological polar surface area (TPSA) is 55.0 Å². The number of H-pyrrole nitrogens is 1. The molecule has 0 amide bonds. The summed E-state index contributed by atoms with van der Waals surface area (Å²) < 4.78 is 16.7. The van der Waals surface area contributed by atoms with Crippen LogP contribution in [-0.2, 0) is 11.1 Å². The lowest BCUT2D eigenvalue weighted by Gasteiger charge is -2.01. The van der Waals surface area contributed by atoms with Gasteiger partial charge in [0, 0.05) is 11.1 Å². The number of aromatic nitrogens is 2. The second kappa shape index (κ2) is 4.46. The Hall–Kier alpha value is -1.33. The van der Waals surface area contributed by atoms with Crippen molar-refractivity contribution in [1.29, 1.82) is 0 Å². The van der Waals surface area contributed by atoms with Crippen molar-refractivity contribution in [1.82, 2.24) is 10.2 Å². The predicted octanol–water partition coefficient (Wildman–Crippen LogP) is 2.16. The fourth-order valence-corrected chi connectivity index (χ4v) is 2.01. The Morgan fingerprint density at radius 2 is 2.27 bits per heavy atom. The molecule has 4 nitrogen and oxygen atoms in total. The summed E-state index contributed by atoms with van der Waals surface area (Å²) in [6, 6.07) is 8.28. The van der Waals surface area contributed by atoms with E-state index in [0.717, 1.165) is 0 Å². The molecule has 1 aromatic carbocycles. The van der Waals surface area contributed by atoms with Gasteiger partial charge in [-0.05, 0) is 18.2 Å². The van der Waals surface area contributed by atoms with E-state index in [1.54, 1.807) is 30.3 Å². The zero-order valence-electron chi connectivity index (χ0n) is 7.51. The molecule has 15 heavy (non-hydrogen) atoms. The van der Waals surface area contributed by atoms with E-state index in [1.165, 1.54) is 6.20 Å². The first-order valence-corrected chi connectivity index (χ1v) is 5.56. The van der Waals surface area contributed by atoms with Crippen molar-refractivity contribution in [3.63, 3.8) is 0 Å². The molecule has 1 N–H and O–H groups in total. The van der Waals surface area contributed by atoms with E-state index in [-0.39, 0.29) is 0 Å². The quantitative estimate of drug-likeness (QED) is 0.898.